The number of anilines is 1. The maximum atomic E-state index is 12.2. The van der Waals surface area contributed by atoms with Gasteiger partial charge in [-0.25, -0.2) is 4.98 Å². The third-order valence-electron chi connectivity index (χ3n) is 4.19. The van der Waals surface area contributed by atoms with Gasteiger partial charge in [0.15, 0.2) is 0 Å². The average Bonchev–Trinajstić information content (AvgIpc) is 3.01. The Kier molecular flexibility index (Phi) is 4.24. The van der Waals surface area contributed by atoms with Crippen molar-refractivity contribution in [3.8, 4) is 11.4 Å². The maximum Gasteiger partial charge on any atom is 0.227 e. The molecule has 5 nitrogen and oxygen atoms in total. The normalized spacial score (nSPS) is 17.1. The Morgan fingerprint density at radius 2 is 2.14 bits per heavy atom. The summed E-state index contributed by atoms with van der Waals surface area (Å²) in [5.41, 5.74) is 0.804. The first-order chi connectivity index (χ1) is 10.6. The molecule has 0 unspecified atom stereocenters. The molecule has 0 spiro atoms. The summed E-state index contributed by atoms with van der Waals surface area (Å²) >= 11 is 0. The maximum absolute atomic E-state index is 12.2. The van der Waals surface area contributed by atoms with E-state index >= 15 is 0 Å². The zero-order valence-corrected chi connectivity index (χ0v) is 12.5. The molecule has 3 rings (SSSR count). The van der Waals surface area contributed by atoms with Gasteiger partial charge in [0.1, 0.15) is 5.82 Å². The fraction of sp³-hybridized carbons (Fsp3) is 0.412. The summed E-state index contributed by atoms with van der Waals surface area (Å²) in [5.74, 6) is 0.628. The number of benzene rings is 1. The molecule has 2 aromatic rings. The highest BCUT2D eigenvalue weighted by molar-refractivity contribution is 5.92. The van der Waals surface area contributed by atoms with Crippen LogP contribution in [0.1, 0.15) is 38.5 Å². The van der Waals surface area contributed by atoms with Crippen LogP contribution in [0.4, 0.5) is 5.69 Å². The van der Waals surface area contributed by atoms with Crippen LogP contribution in [-0.4, -0.2) is 26.6 Å². The molecule has 0 atom stereocenters. The lowest BCUT2D eigenvalue weighted by Gasteiger charge is -2.31. The van der Waals surface area contributed by atoms with Crippen molar-refractivity contribution in [2.24, 2.45) is 0 Å². The fourth-order valence-corrected chi connectivity index (χ4v) is 3.06. The number of amides is 1. The van der Waals surface area contributed by atoms with Crippen LogP contribution in [0.3, 0.4) is 0 Å². The first kappa shape index (κ1) is 14.8. The first-order valence-corrected chi connectivity index (χ1v) is 7.77. The minimum Gasteiger partial charge on any atom is -0.389 e. The Morgan fingerprint density at radius 3 is 2.86 bits per heavy atom. The van der Waals surface area contributed by atoms with Crippen molar-refractivity contribution in [3.05, 3.63) is 36.7 Å². The summed E-state index contributed by atoms with van der Waals surface area (Å²) in [7, 11) is 0. The van der Waals surface area contributed by atoms with Crippen LogP contribution in [0.2, 0.25) is 0 Å². The zero-order chi connectivity index (χ0) is 15.4. The van der Waals surface area contributed by atoms with Gasteiger partial charge in [-0.1, -0.05) is 31.4 Å². The quantitative estimate of drug-likeness (QED) is 0.811. The first-order valence-electron chi connectivity index (χ1n) is 7.77. The van der Waals surface area contributed by atoms with Gasteiger partial charge in [0, 0.05) is 23.6 Å². The number of nitrogens with zero attached hydrogens (tertiary/aromatic N) is 1. The van der Waals surface area contributed by atoms with Crippen molar-refractivity contribution in [1.82, 2.24) is 9.97 Å². The van der Waals surface area contributed by atoms with Gasteiger partial charge >= 0.3 is 0 Å². The van der Waals surface area contributed by atoms with E-state index in [-0.39, 0.29) is 12.3 Å². The molecule has 0 bridgehead atoms. The van der Waals surface area contributed by atoms with Crippen LogP contribution < -0.4 is 5.32 Å². The molecular weight excluding hydrogens is 278 g/mol. The highest BCUT2D eigenvalue weighted by Crippen LogP contribution is 2.31. The van der Waals surface area contributed by atoms with E-state index in [2.05, 4.69) is 15.3 Å². The van der Waals surface area contributed by atoms with E-state index in [0.29, 0.717) is 12.8 Å². The number of aliphatic hydroxyl groups is 1. The minimum atomic E-state index is -0.832. The molecule has 1 fully saturated rings. The number of aromatic nitrogens is 2. The summed E-state index contributed by atoms with van der Waals surface area (Å²) in [5, 5.41) is 13.3. The molecule has 5 heteroatoms. The predicted octanol–water partition coefficient (Wildman–Crippen LogP) is 3.10. The van der Waals surface area contributed by atoms with Gasteiger partial charge in [0.25, 0.3) is 0 Å². The monoisotopic (exact) mass is 299 g/mol. The topological polar surface area (TPSA) is 78.0 Å². The van der Waals surface area contributed by atoms with E-state index in [1.165, 1.54) is 0 Å². The lowest BCUT2D eigenvalue weighted by Crippen LogP contribution is -2.35. The highest BCUT2D eigenvalue weighted by atomic mass is 16.3. The van der Waals surface area contributed by atoms with Gasteiger partial charge in [0.2, 0.25) is 5.91 Å². The zero-order valence-electron chi connectivity index (χ0n) is 12.5. The summed E-state index contributed by atoms with van der Waals surface area (Å²) in [6.07, 6.45) is 8.20. The lowest BCUT2D eigenvalue weighted by atomic mass is 9.82. The van der Waals surface area contributed by atoms with Gasteiger partial charge in [-0.05, 0) is 25.0 Å². The number of aromatic amines is 1. The molecule has 1 saturated carbocycles. The Balaban J connectivity index is 1.65. The van der Waals surface area contributed by atoms with Gasteiger partial charge in [-0.2, -0.15) is 0 Å². The minimum absolute atomic E-state index is 0.138. The standard InChI is InChI=1S/C17H21N3O2/c21-15(12-17(22)7-2-1-3-8-17)20-14-6-4-5-13(11-14)16-18-9-10-19-16/h4-6,9-11,22H,1-3,7-8,12H2,(H,18,19)(H,20,21). The molecule has 0 aliphatic heterocycles. The molecule has 1 aliphatic carbocycles. The smallest absolute Gasteiger partial charge is 0.227 e. The van der Waals surface area contributed by atoms with Crippen LogP contribution in [0.5, 0.6) is 0 Å². The third kappa shape index (κ3) is 3.54. The second kappa shape index (κ2) is 6.32. The van der Waals surface area contributed by atoms with E-state index in [1.54, 1.807) is 12.4 Å². The number of rotatable bonds is 4. The van der Waals surface area contributed by atoms with Crippen LogP contribution >= 0.6 is 0 Å². The SMILES string of the molecule is O=C(CC1(O)CCCCC1)Nc1cccc(-c2ncc[nH]2)c1. The Hall–Kier alpha value is -2.14. The molecule has 0 saturated heterocycles. The van der Waals surface area contributed by atoms with E-state index < -0.39 is 5.60 Å². The van der Waals surface area contributed by atoms with Crippen molar-refractivity contribution < 1.29 is 9.90 Å². The Bertz CT molecular complexity index is 631. The lowest BCUT2D eigenvalue weighted by molar-refractivity contribution is -0.122. The van der Waals surface area contributed by atoms with Crippen LogP contribution in [0.15, 0.2) is 36.7 Å². The Labute approximate surface area is 129 Å². The number of imidazole rings is 1. The van der Waals surface area contributed by atoms with Gasteiger partial charge in [-0.3, -0.25) is 4.79 Å². The molecule has 1 aromatic carbocycles. The molecule has 1 amide bonds. The Morgan fingerprint density at radius 1 is 1.32 bits per heavy atom. The van der Waals surface area contributed by atoms with Crippen molar-refractivity contribution in [2.45, 2.75) is 44.1 Å². The number of H-pyrrole nitrogens is 1. The van der Waals surface area contributed by atoms with E-state index in [1.807, 2.05) is 24.3 Å². The molecule has 22 heavy (non-hydrogen) atoms. The molecule has 1 heterocycles. The van der Waals surface area contributed by atoms with E-state index in [0.717, 1.165) is 36.3 Å². The second-order valence-electron chi connectivity index (χ2n) is 6.03. The van der Waals surface area contributed by atoms with Crippen LogP contribution in [-0.2, 0) is 4.79 Å². The molecular formula is C17H21N3O2. The summed E-state index contributed by atoms with van der Waals surface area (Å²) in [6.45, 7) is 0. The largest absolute Gasteiger partial charge is 0.389 e. The summed E-state index contributed by atoms with van der Waals surface area (Å²) in [6, 6.07) is 7.53. The fourth-order valence-electron chi connectivity index (χ4n) is 3.06. The van der Waals surface area contributed by atoms with Crippen LogP contribution in [0.25, 0.3) is 11.4 Å². The molecule has 3 N–H and O–H groups in total. The number of carbonyl (C=O) groups excluding carboxylic acids is 1. The predicted molar refractivity (Wildman–Crippen MR) is 85.3 cm³/mol. The van der Waals surface area contributed by atoms with Crippen molar-refractivity contribution >= 4 is 11.6 Å². The van der Waals surface area contributed by atoms with Crippen molar-refractivity contribution in [1.29, 1.82) is 0 Å². The van der Waals surface area contributed by atoms with E-state index in [9.17, 15) is 9.90 Å². The second-order valence-corrected chi connectivity index (χ2v) is 6.03. The highest BCUT2D eigenvalue weighted by Gasteiger charge is 2.31. The molecule has 116 valence electrons. The number of hydrogen-bond donors (Lipinski definition) is 3. The summed E-state index contributed by atoms with van der Waals surface area (Å²) < 4.78 is 0. The number of hydrogen-bond acceptors (Lipinski definition) is 3. The van der Waals surface area contributed by atoms with Gasteiger partial charge in [-0.15, -0.1) is 0 Å². The molecule has 1 aromatic heterocycles. The van der Waals surface area contributed by atoms with E-state index in [4.69, 9.17) is 0 Å². The van der Waals surface area contributed by atoms with Gasteiger partial charge in [0.05, 0.1) is 12.0 Å². The number of carbonyl (C=O) groups is 1. The third-order valence-corrected chi connectivity index (χ3v) is 4.19. The van der Waals surface area contributed by atoms with Crippen molar-refractivity contribution in [3.63, 3.8) is 0 Å². The molecule has 1 aliphatic rings. The number of nitrogens with one attached hydrogen (secondary N) is 2. The van der Waals surface area contributed by atoms with Crippen LogP contribution in [0, 0.1) is 0 Å². The molecule has 0 radical (unpaired) electrons. The van der Waals surface area contributed by atoms with Gasteiger partial charge < -0.3 is 15.4 Å². The summed E-state index contributed by atoms with van der Waals surface area (Å²) in [4.78, 5) is 19.4. The average molecular weight is 299 g/mol. The van der Waals surface area contributed by atoms with Crippen molar-refractivity contribution in [2.75, 3.05) is 5.32 Å².